The van der Waals surface area contributed by atoms with Crippen molar-refractivity contribution in [3.63, 3.8) is 0 Å². The third kappa shape index (κ3) is 3.03. The number of ether oxygens (including phenoxy) is 1. The lowest BCUT2D eigenvalue weighted by atomic mass is 10.3. The first-order valence-electron chi connectivity index (χ1n) is 5.74. The summed E-state index contributed by atoms with van der Waals surface area (Å²) < 4.78 is 5.35. The normalized spacial score (nSPS) is 10.3. The predicted octanol–water partition coefficient (Wildman–Crippen LogP) is 2.96. The molecule has 0 aliphatic rings. The highest BCUT2D eigenvalue weighted by atomic mass is 32.2. The van der Waals surface area contributed by atoms with Crippen molar-refractivity contribution in [2.45, 2.75) is 16.5 Å². The van der Waals surface area contributed by atoms with Crippen LogP contribution in [0.2, 0.25) is 0 Å². The summed E-state index contributed by atoms with van der Waals surface area (Å²) >= 11 is 1.63. The molecule has 0 bridgehead atoms. The van der Waals surface area contributed by atoms with Crippen LogP contribution in [0, 0.1) is 0 Å². The van der Waals surface area contributed by atoms with Crippen molar-refractivity contribution in [1.29, 1.82) is 0 Å². The van der Waals surface area contributed by atoms with Crippen LogP contribution in [-0.2, 0) is 6.54 Å². The molecule has 0 aliphatic heterocycles. The highest BCUT2D eigenvalue weighted by molar-refractivity contribution is 7.99. The fraction of sp³-hybridized carbons (Fsp3) is 0.214. The van der Waals surface area contributed by atoms with E-state index in [0.717, 1.165) is 22.2 Å². The summed E-state index contributed by atoms with van der Waals surface area (Å²) in [5.41, 5.74) is 1.19. The van der Waals surface area contributed by atoms with Crippen molar-refractivity contribution in [2.75, 3.05) is 14.2 Å². The van der Waals surface area contributed by atoms with E-state index in [1.54, 1.807) is 18.9 Å². The molecule has 0 atom stereocenters. The number of nitrogens with zero attached hydrogens (tertiary/aromatic N) is 1. The van der Waals surface area contributed by atoms with E-state index < -0.39 is 0 Å². The summed E-state index contributed by atoms with van der Waals surface area (Å²) in [6.45, 7) is 0.811. The summed E-state index contributed by atoms with van der Waals surface area (Å²) in [5.74, 6) is 0.878. The van der Waals surface area contributed by atoms with E-state index in [1.165, 1.54) is 5.56 Å². The fourth-order valence-corrected chi connectivity index (χ4v) is 2.64. The van der Waals surface area contributed by atoms with Crippen LogP contribution in [0.15, 0.2) is 52.5 Å². The first kappa shape index (κ1) is 12.9. The van der Waals surface area contributed by atoms with Crippen molar-refractivity contribution >= 4 is 11.8 Å². The Balaban J connectivity index is 2.28. The molecule has 1 aromatic carbocycles. The molecule has 0 saturated heterocycles. The molecule has 1 N–H and O–H groups in total. The van der Waals surface area contributed by atoms with E-state index >= 15 is 0 Å². The molecule has 2 aromatic rings. The first-order chi connectivity index (χ1) is 8.85. The van der Waals surface area contributed by atoms with Crippen molar-refractivity contribution in [3.05, 3.63) is 48.2 Å². The van der Waals surface area contributed by atoms with E-state index in [9.17, 15) is 0 Å². The van der Waals surface area contributed by atoms with Crippen molar-refractivity contribution in [3.8, 4) is 5.75 Å². The fourth-order valence-electron chi connectivity index (χ4n) is 1.65. The van der Waals surface area contributed by atoms with E-state index in [1.807, 2.05) is 43.6 Å². The minimum atomic E-state index is 0.811. The summed E-state index contributed by atoms with van der Waals surface area (Å²) in [5, 5.41) is 4.16. The number of hydrogen-bond donors (Lipinski definition) is 1. The van der Waals surface area contributed by atoms with E-state index in [2.05, 4.69) is 16.4 Å². The van der Waals surface area contributed by atoms with E-state index in [-0.39, 0.29) is 0 Å². The quantitative estimate of drug-likeness (QED) is 0.896. The minimum absolute atomic E-state index is 0.811. The number of nitrogens with one attached hydrogen (secondary N) is 1. The second kappa shape index (κ2) is 6.42. The third-order valence-electron chi connectivity index (χ3n) is 2.49. The lowest BCUT2D eigenvalue weighted by Crippen LogP contribution is -2.06. The number of pyridine rings is 1. The summed E-state index contributed by atoms with van der Waals surface area (Å²) in [6.07, 6.45) is 1.82. The average molecular weight is 260 g/mol. The number of methoxy groups -OCH3 is 1. The molecular weight excluding hydrogens is 244 g/mol. The monoisotopic (exact) mass is 260 g/mol. The van der Waals surface area contributed by atoms with E-state index in [0.29, 0.717) is 0 Å². The van der Waals surface area contributed by atoms with Gasteiger partial charge in [-0.1, -0.05) is 30.0 Å². The zero-order chi connectivity index (χ0) is 12.8. The molecule has 0 saturated carbocycles. The van der Waals surface area contributed by atoms with Gasteiger partial charge in [-0.15, -0.1) is 0 Å². The zero-order valence-corrected chi connectivity index (χ0v) is 11.3. The van der Waals surface area contributed by atoms with Gasteiger partial charge in [0.2, 0.25) is 0 Å². The Morgan fingerprint density at radius 1 is 1.22 bits per heavy atom. The number of aromatic nitrogens is 1. The Labute approximate surface area is 112 Å². The summed E-state index contributed by atoms with van der Waals surface area (Å²) in [4.78, 5) is 5.52. The van der Waals surface area contributed by atoms with Crippen LogP contribution in [0.25, 0.3) is 0 Å². The first-order valence-corrected chi connectivity index (χ1v) is 6.56. The third-order valence-corrected chi connectivity index (χ3v) is 3.61. The second-order valence-electron chi connectivity index (χ2n) is 3.75. The maximum Gasteiger partial charge on any atom is 0.132 e. The predicted molar refractivity (Wildman–Crippen MR) is 74.1 cm³/mol. The second-order valence-corrected chi connectivity index (χ2v) is 4.78. The van der Waals surface area contributed by atoms with Crippen LogP contribution >= 0.6 is 11.8 Å². The molecule has 4 heteroatoms. The summed E-state index contributed by atoms with van der Waals surface area (Å²) in [7, 11) is 3.62. The lowest BCUT2D eigenvalue weighted by Gasteiger charge is -2.10. The number of rotatable bonds is 5. The van der Waals surface area contributed by atoms with Gasteiger partial charge in [0.25, 0.3) is 0 Å². The Hall–Kier alpha value is -1.52. The molecule has 0 fully saturated rings. The molecule has 3 nitrogen and oxygen atoms in total. The van der Waals surface area contributed by atoms with Gasteiger partial charge in [0.05, 0.1) is 12.0 Å². The van der Waals surface area contributed by atoms with Gasteiger partial charge in [-0.25, -0.2) is 4.98 Å². The molecule has 0 amide bonds. The molecule has 2 rings (SSSR count). The molecule has 1 heterocycles. The zero-order valence-electron chi connectivity index (χ0n) is 10.5. The SMILES string of the molecule is CNCc1cccnc1Sc1ccccc1OC. The summed E-state index contributed by atoms with van der Waals surface area (Å²) in [6, 6.07) is 12.0. The largest absolute Gasteiger partial charge is 0.496 e. The van der Waals surface area contributed by atoms with Gasteiger partial charge in [0.15, 0.2) is 0 Å². The van der Waals surface area contributed by atoms with Gasteiger partial charge >= 0.3 is 0 Å². The Morgan fingerprint density at radius 3 is 2.83 bits per heavy atom. The molecule has 94 valence electrons. The maximum atomic E-state index is 5.35. The van der Waals surface area contributed by atoms with Gasteiger partial charge in [0, 0.05) is 12.7 Å². The van der Waals surface area contributed by atoms with Gasteiger partial charge < -0.3 is 10.1 Å². The Bertz CT molecular complexity index is 517. The van der Waals surface area contributed by atoms with Crippen LogP contribution in [-0.4, -0.2) is 19.1 Å². The number of hydrogen-bond acceptors (Lipinski definition) is 4. The lowest BCUT2D eigenvalue weighted by molar-refractivity contribution is 0.405. The Kier molecular flexibility index (Phi) is 4.61. The highest BCUT2D eigenvalue weighted by Crippen LogP contribution is 2.34. The van der Waals surface area contributed by atoms with Crippen LogP contribution < -0.4 is 10.1 Å². The Morgan fingerprint density at radius 2 is 2.06 bits per heavy atom. The van der Waals surface area contributed by atoms with Crippen LogP contribution in [0.5, 0.6) is 5.75 Å². The molecule has 0 radical (unpaired) electrons. The topological polar surface area (TPSA) is 34.2 Å². The van der Waals surface area contributed by atoms with Crippen LogP contribution in [0.1, 0.15) is 5.56 Å². The number of para-hydroxylation sites is 1. The molecule has 0 spiro atoms. The highest BCUT2D eigenvalue weighted by Gasteiger charge is 2.08. The van der Waals surface area contributed by atoms with Gasteiger partial charge in [-0.05, 0) is 30.8 Å². The van der Waals surface area contributed by atoms with Crippen molar-refractivity contribution < 1.29 is 4.74 Å². The van der Waals surface area contributed by atoms with Gasteiger partial charge in [-0.3, -0.25) is 0 Å². The smallest absolute Gasteiger partial charge is 0.132 e. The molecule has 0 unspecified atom stereocenters. The minimum Gasteiger partial charge on any atom is -0.496 e. The van der Waals surface area contributed by atoms with Gasteiger partial charge in [-0.2, -0.15) is 0 Å². The molecule has 0 aliphatic carbocycles. The molecule has 1 aromatic heterocycles. The van der Waals surface area contributed by atoms with Crippen molar-refractivity contribution in [2.24, 2.45) is 0 Å². The molecule has 18 heavy (non-hydrogen) atoms. The van der Waals surface area contributed by atoms with Crippen molar-refractivity contribution in [1.82, 2.24) is 10.3 Å². The maximum absolute atomic E-state index is 5.35. The van der Waals surface area contributed by atoms with Gasteiger partial charge in [0.1, 0.15) is 10.8 Å². The van der Waals surface area contributed by atoms with E-state index in [4.69, 9.17) is 4.74 Å². The molecular formula is C14H16N2OS. The van der Waals surface area contributed by atoms with Crippen LogP contribution in [0.3, 0.4) is 0 Å². The standard InChI is InChI=1S/C14H16N2OS/c1-15-10-11-6-5-9-16-14(11)18-13-8-4-3-7-12(13)17-2/h3-9,15H,10H2,1-2H3. The average Bonchev–Trinajstić information content (AvgIpc) is 2.42. The number of benzene rings is 1. The van der Waals surface area contributed by atoms with Crippen LogP contribution in [0.4, 0.5) is 0 Å².